The molecule has 0 atom stereocenters. The number of phenolic OH excluding ortho intramolecular Hbond substituents is 1. The first-order valence-electron chi connectivity index (χ1n) is 6.05. The quantitative estimate of drug-likeness (QED) is 0.380. The molecule has 0 bridgehead atoms. The number of ether oxygens (including phenoxy) is 1. The van der Waals surface area contributed by atoms with Crippen molar-refractivity contribution in [2.24, 2.45) is 0 Å². The van der Waals surface area contributed by atoms with Gasteiger partial charge in [0.25, 0.3) is 5.91 Å². The van der Waals surface area contributed by atoms with Crippen molar-refractivity contribution >= 4 is 12.0 Å². The molecule has 0 spiro atoms. The third-order valence-electron chi connectivity index (χ3n) is 2.31. The zero-order valence-corrected chi connectivity index (χ0v) is 10.9. The van der Waals surface area contributed by atoms with E-state index in [1.165, 1.54) is 18.2 Å². The number of carbonyl (C=O) groups excluding carboxylic acids is 1. The van der Waals surface area contributed by atoms with Gasteiger partial charge < -0.3 is 20.3 Å². The first kappa shape index (κ1) is 15.7. The van der Waals surface area contributed by atoms with Gasteiger partial charge in [-0.2, -0.15) is 5.26 Å². The SMILES string of the molecule is N#C/C(=C\c1cccc(O)c1)C(=O)NCCOCCO. The minimum Gasteiger partial charge on any atom is -0.508 e. The fraction of sp³-hybridized carbons (Fsp3) is 0.286. The second-order valence-electron chi connectivity index (χ2n) is 3.86. The standard InChI is InChI=1S/C14H16N2O4/c15-10-12(8-11-2-1-3-13(18)9-11)14(19)16-4-6-20-7-5-17/h1-3,8-9,17-18H,4-7H2,(H,16,19)/b12-8+. The number of hydrogen-bond acceptors (Lipinski definition) is 5. The molecule has 0 aliphatic carbocycles. The molecule has 6 nitrogen and oxygen atoms in total. The number of benzene rings is 1. The molecule has 1 rings (SSSR count). The van der Waals surface area contributed by atoms with E-state index in [1.807, 2.05) is 6.07 Å². The van der Waals surface area contributed by atoms with Crippen molar-refractivity contribution in [3.05, 3.63) is 35.4 Å². The number of carbonyl (C=O) groups is 1. The van der Waals surface area contributed by atoms with Crippen molar-refractivity contribution in [3.63, 3.8) is 0 Å². The summed E-state index contributed by atoms with van der Waals surface area (Å²) in [6.07, 6.45) is 1.39. The maximum Gasteiger partial charge on any atom is 0.262 e. The number of nitrogens with one attached hydrogen (secondary N) is 1. The fourth-order valence-electron chi connectivity index (χ4n) is 1.43. The Morgan fingerprint density at radius 1 is 1.45 bits per heavy atom. The van der Waals surface area contributed by atoms with Gasteiger partial charge in [0.15, 0.2) is 0 Å². The van der Waals surface area contributed by atoms with Crippen LogP contribution in [0.5, 0.6) is 5.75 Å². The van der Waals surface area contributed by atoms with E-state index in [4.69, 9.17) is 15.1 Å². The monoisotopic (exact) mass is 276 g/mol. The highest BCUT2D eigenvalue weighted by Crippen LogP contribution is 2.13. The Bertz CT molecular complexity index is 520. The fourth-order valence-corrected chi connectivity index (χ4v) is 1.43. The highest BCUT2D eigenvalue weighted by molar-refractivity contribution is 6.01. The summed E-state index contributed by atoms with van der Waals surface area (Å²) >= 11 is 0. The molecule has 0 heterocycles. The van der Waals surface area contributed by atoms with E-state index >= 15 is 0 Å². The van der Waals surface area contributed by atoms with Crippen LogP contribution in [0.1, 0.15) is 5.56 Å². The number of nitriles is 1. The number of rotatable bonds is 7. The largest absolute Gasteiger partial charge is 0.508 e. The Morgan fingerprint density at radius 2 is 2.25 bits per heavy atom. The molecule has 0 aliphatic heterocycles. The van der Waals surface area contributed by atoms with E-state index in [9.17, 15) is 9.90 Å². The predicted molar refractivity (Wildman–Crippen MR) is 72.6 cm³/mol. The zero-order chi connectivity index (χ0) is 14.8. The summed E-state index contributed by atoms with van der Waals surface area (Å²) in [6, 6.07) is 8.06. The van der Waals surface area contributed by atoms with Crippen LogP contribution in [0.25, 0.3) is 6.08 Å². The Balaban J connectivity index is 2.57. The molecular formula is C14H16N2O4. The second kappa shape index (κ2) is 8.69. The van der Waals surface area contributed by atoms with E-state index in [0.717, 1.165) is 0 Å². The average molecular weight is 276 g/mol. The molecule has 20 heavy (non-hydrogen) atoms. The molecule has 0 saturated carbocycles. The van der Waals surface area contributed by atoms with Gasteiger partial charge in [0.1, 0.15) is 17.4 Å². The van der Waals surface area contributed by atoms with Crippen molar-refractivity contribution in [1.29, 1.82) is 5.26 Å². The molecule has 6 heteroatoms. The highest BCUT2D eigenvalue weighted by atomic mass is 16.5. The number of nitrogens with zero attached hydrogens (tertiary/aromatic N) is 1. The minimum atomic E-state index is -0.511. The molecule has 0 saturated heterocycles. The van der Waals surface area contributed by atoms with Crippen LogP contribution in [-0.4, -0.2) is 42.5 Å². The number of aliphatic hydroxyl groups is 1. The Labute approximate surface area is 116 Å². The van der Waals surface area contributed by atoms with Crippen molar-refractivity contribution in [2.75, 3.05) is 26.4 Å². The van der Waals surface area contributed by atoms with Gasteiger partial charge in [-0.3, -0.25) is 4.79 Å². The number of phenols is 1. The lowest BCUT2D eigenvalue weighted by Crippen LogP contribution is -2.28. The molecule has 0 unspecified atom stereocenters. The lowest BCUT2D eigenvalue weighted by Gasteiger charge is -2.05. The summed E-state index contributed by atoms with van der Waals surface area (Å²) in [5, 5.41) is 29.3. The topological polar surface area (TPSA) is 103 Å². The molecule has 0 aromatic heterocycles. The van der Waals surface area contributed by atoms with Crippen molar-refractivity contribution < 1.29 is 19.7 Å². The summed E-state index contributed by atoms with van der Waals surface area (Å²) < 4.78 is 4.98. The molecule has 0 aliphatic rings. The maximum absolute atomic E-state index is 11.7. The summed E-state index contributed by atoms with van der Waals surface area (Å²) in [7, 11) is 0. The first-order valence-corrected chi connectivity index (χ1v) is 6.05. The van der Waals surface area contributed by atoms with Gasteiger partial charge in [-0.15, -0.1) is 0 Å². The number of hydrogen-bond donors (Lipinski definition) is 3. The van der Waals surface area contributed by atoms with Crippen LogP contribution in [0.15, 0.2) is 29.8 Å². The van der Waals surface area contributed by atoms with Crippen LogP contribution in [-0.2, 0) is 9.53 Å². The van der Waals surface area contributed by atoms with Crippen molar-refractivity contribution in [1.82, 2.24) is 5.32 Å². The van der Waals surface area contributed by atoms with Gasteiger partial charge in [0, 0.05) is 6.54 Å². The summed E-state index contributed by atoms with van der Waals surface area (Å²) in [4.78, 5) is 11.7. The smallest absolute Gasteiger partial charge is 0.262 e. The number of aliphatic hydroxyl groups excluding tert-OH is 1. The van der Waals surface area contributed by atoms with Crippen LogP contribution in [0, 0.1) is 11.3 Å². The van der Waals surface area contributed by atoms with E-state index in [0.29, 0.717) is 5.56 Å². The van der Waals surface area contributed by atoms with Gasteiger partial charge in [-0.1, -0.05) is 12.1 Å². The van der Waals surface area contributed by atoms with Crippen LogP contribution < -0.4 is 5.32 Å². The second-order valence-corrected chi connectivity index (χ2v) is 3.86. The lowest BCUT2D eigenvalue weighted by molar-refractivity contribution is -0.117. The Morgan fingerprint density at radius 3 is 2.90 bits per heavy atom. The summed E-state index contributed by atoms with van der Waals surface area (Å²) in [5.74, 6) is -0.447. The summed E-state index contributed by atoms with van der Waals surface area (Å²) in [6.45, 7) is 0.643. The summed E-state index contributed by atoms with van der Waals surface area (Å²) in [5.41, 5.74) is 0.506. The van der Waals surface area contributed by atoms with E-state index < -0.39 is 5.91 Å². The third-order valence-corrected chi connectivity index (χ3v) is 2.31. The van der Waals surface area contributed by atoms with Crippen molar-refractivity contribution in [3.8, 4) is 11.8 Å². The lowest BCUT2D eigenvalue weighted by atomic mass is 10.1. The van der Waals surface area contributed by atoms with Gasteiger partial charge in [-0.05, 0) is 23.8 Å². The molecule has 0 fully saturated rings. The van der Waals surface area contributed by atoms with Gasteiger partial charge in [0.2, 0.25) is 0 Å². The molecule has 106 valence electrons. The number of amides is 1. The Kier molecular flexibility index (Phi) is 6.82. The molecule has 3 N–H and O–H groups in total. The molecule has 1 amide bonds. The van der Waals surface area contributed by atoms with Crippen LogP contribution in [0.2, 0.25) is 0 Å². The van der Waals surface area contributed by atoms with Crippen molar-refractivity contribution in [2.45, 2.75) is 0 Å². The Hall–Kier alpha value is -2.36. The molecule has 1 aromatic carbocycles. The van der Waals surface area contributed by atoms with Gasteiger partial charge in [0.05, 0.1) is 19.8 Å². The van der Waals surface area contributed by atoms with E-state index in [2.05, 4.69) is 5.32 Å². The third kappa shape index (κ3) is 5.52. The number of aromatic hydroxyl groups is 1. The van der Waals surface area contributed by atoms with Crippen LogP contribution in [0.4, 0.5) is 0 Å². The normalized spacial score (nSPS) is 10.9. The minimum absolute atomic E-state index is 0.0576. The maximum atomic E-state index is 11.7. The van der Waals surface area contributed by atoms with Gasteiger partial charge >= 0.3 is 0 Å². The van der Waals surface area contributed by atoms with Crippen LogP contribution >= 0.6 is 0 Å². The predicted octanol–water partition coefficient (Wildman–Crippen LogP) is 0.424. The molecular weight excluding hydrogens is 260 g/mol. The van der Waals surface area contributed by atoms with Gasteiger partial charge in [-0.25, -0.2) is 0 Å². The van der Waals surface area contributed by atoms with Crippen LogP contribution in [0.3, 0.4) is 0 Å². The van der Waals surface area contributed by atoms with E-state index in [1.54, 1.807) is 12.1 Å². The highest BCUT2D eigenvalue weighted by Gasteiger charge is 2.08. The molecule has 0 radical (unpaired) electrons. The first-order chi connectivity index (χ1) is 9.67. The van der Waals surface area contributed by atoms with E-state index in [-0.39, 0.29) is 37.7 Å². The average Bonchev–Trinajstić information content (AvgIpc) is 2.44. The zero-order valence-electron chi connectivity index (χ0n) is 10.9. The molecule has 1 aromatic rings.